The number of aromatic nitrogens is 1. The van der Waals surface area contributed by atoms with Gasteiger partial charge in [-0.1, -0.05) is 19.4 Å². The number of aliphatic hydroxyl groups is 1. The van der Waals surface area contributed by atoms with E-state index in [2.05, 4.69) is 4.98 Å². The third-order valence-corrected chi connectivity index (χ3v) is 2.66. The van der Waals surface area contributed by atoms with Gasteiger partial charge in [-0.3, -0.25) is 4.98 Å². The molecule has 90 valence electrons. The Morgan fingerprint density at radius 1 is 1.29 bits per heavy atom. The van der Waals surface area contributed by atoms with Gasteiger partial charge in [0, 0.05) is 11.6 Å². The van der Waals surface area contributed by atoms with Gasteiger partial charge < -0.3 is 9.84 Å². The molecule has 0 amide bonds. The first-order valence-corrected chi connectivity index (χ1v) is 5.96. The van der Waals surface area contributed by atoms with Crippen molar-refractivity contribution in [1.29, 1.82) is 0 Å². The summed E-state index contributed by atoms with van der Waals surface area (Å²) < 4.78 is 5.64. The van der Waals surface area contributed by atoms with E-state index < -0.39 is 6.10 Å². The zero-order valence-corrected chi connectivity index (χ0v) is 9.97. The Balaban J connectivity index is 2.13. The Bertz CT molecular complexity index is 479. The molecule has 3 heteroatoms. The average Bonchev–Trinajstić information content (AvgIpc) is 2.36. The fraction of sp³-hybridized carbons (Fsp3) is 0.357. The lowest BCUT2D eigenvalue weighted by Crippen LogP contribution is -2.17. The fourth-order valence-corrected chi connectivity index (χ4v) is 1.80. The highest BCUT2D eigenvalue weighted by atomic mass is 16.5. The maximum Gasteiger partial charge on any atom is 0.128 e. The van der Waals surface area contributed by atoms with E-state index in [4.69, 9.17) is 4.74 Å². The Kier molecular flexibility index (Phi) is 3.94. The van der Waals surface area contributed by atoms with Crippen LogP contribution in [-0.2, 0) is 0 Å². The molecule has 0 radical (unpaired) electrons. The predicted molar refractivity (Wildman–Crippen MR) is 68.2 cm³/mol. The van der Waals surface area contributed by atoms with E-state index in [1.807, 2.05) is 37.3 Å². The Morgan fingerprint density at radius 3 is 3.00 bits per heavy atom. The van der Waals surface area contributed by atoms with Crippen LogP contribution < -0.4 is 4.74 Å². The number of pyridine rings is 1. The summed E-state index contributed by atoms with van der Waals surface area (Å²) in [4.78, 5) is 4.26. The molecule has 0 aliphatic heterocycles. The number of nitrogens with zero attached hydrogens (tertiary/aromatic N) is 1. The van der Waals surface area contributed by atoms with Crippen molar-refractivity contribution < 1.29 is 9.84 Å². The molecule has 1 unspecified atom stereocenters. The van der Waals surface area contributed by atoms with E-state index in [0.29, 0.717) is 6.61 Å². The van der Waals surface area contributed by atoms with Crippen LogP contribution >= 0.6 is 0 Å². The third-order valence-electron chi connectivity index (χ3n) is 2.66. The molecule has 0 saturated carbocycles. The van der Waals surface area contributed by atoms with Crippen molar-refractivity contribution in [2.75, 3.05) is 6.61 Å². The second-order valence-corrected chi connectivity index (χ2v) is 4.08. The van der Waals surface area contributed by atoms with Crippen LogP contribution in [0.2, 0.25) is 0 Å². The molecule has 2 aromatic rings. The van der Waals surface area contributed by atoms with Gasteiger partial charge in [-0.05, 0) is 30.7 Å². The second-order valence-electron chi connectivity index (χ2n) is 4.08. The van der Waals surface area contributed by atoms with E-state index in [0.717, 1.165) is 29.5 Å². The summed E-state index contributed by atoms with van der Waals surface area (Å²) in [6, 6.07) is 9.63. The van der Waals surface area contributed by atoms with Crippen LogP contribution in [0.15, 0.2) is 36.5 Å². The summed E-state index contributed by atoms with van der Waals surface area (Å²) in [5.74, 6) is 0.783. The molecule has 0 aliphatic rings. The van der Waals surface area contributed by atoms with Gasteiger partial charge in [0.15, 0.2) is 0 Å². The summed E-state index contributed by atoms with van der Waals surface area (Å²) in [6.07, 6.45) is 3.09. The van der Waals surface area contributed by atoms with Crippen LogP contribution in [0, 0.1) is 0 Å². The van der Waals surface area contributed by atoms with Crippen LogP contribution in [0.1, 0.15) is 19.8 Å². The molecule has 1 heterocycles. The first-order valence-electron chi connectivity index (χ1n) is 5.96. The van der Waals surface area contributed by atoms with Gasteiger partial charge in [0.1, 0.15) is 12.4 Å². The minimum Gasteiger partial charge on any atom is -0.490 e. The van der Waals surface area contributed by atoms with Crippen molar-refractivity contribution >= 4 is 10.9 Å². The van der Waals surface area contributed by atoms with E-state index >= 15 is 0 Å². The normalized spacial score (nSPS) is 12.6. The van der Waals surface area contributed by atoms with Gasteiger partial charge in [0.2, 0.25) is 0 Å². The molecule has 1 aromatic heterocycles. The highest BCUT2D eigenvalue weighted by Crippen LogP contribution is 2.23. The molecule has 0 spiro atoms. The number of hydrogen-bond donors (Lipinski definition) is 1. The molecular weight excluding hydrogens is 214 g/mol. The summed E-state index contributed by atoms with van der Waals surface area (Å²) in [6.45, 7) is 2.38. The highest BCUT2D eigenvalue weighted by molar-refractivity contribution is 5.84. The molecular formula is C14H17NO2. The van der Waals surface area contributed by atoms with Crippen molar-refractivity contribution in [2.24, 2.45) is 0 Å². The lowest BCUT2D eigenvalue weighted by atomic mass is 10.2. The Hall–Kier alpha value is -1.61. The maximum absolute atomic E-state index is 9.64. The van der Waals surface area contributed by atoms with Gasteiger partial charge in [0.25, 0.3) is 0 Å². The molecule has 0 saturated heterocycles. The number of benzene rings is 1. The standard InChI is InChI=1S/C14H17NO2/c1-2-5-11(16)10-17-14-8-3-7-13-12(14)6-4-9-15-13/h3-4,6-9,11,16H,2,5,10H2,1H3. The number of fused-ring (bicyclic) bond motifs is 1. The molecule has 0 bridgehead atoms. The van der Waals surface area contributed by atoms with Crippen LogP contribution in [0.25, 0.3) is 10.9 Å². The molecule has 1 N–H and O–H groups in total. The molecule has 1 atom stereocenters. The number of aliphatic hydroxyl groups excluding tert-OH is 1. The summed E-state index contributed by atoms with van der Waals surface area (Å²) in [5.41, 5.74) is 0.912. The molecule has 1 aromatic carbocycles. The van der Waals surface area contributed by atoms with Crippen molar-refractivity contribution in [1.82, 2.24) is 4.98 Å². The van der Waals surface area contributed by atoms with Crippen LogP contribution in [0.3, 0.4) is 0 Å². The monoisotopic (exact) mass is 231 g/mol. The minimum absolute atomic E-state index is 0.335. The topological polar surface area (TPSA) is 42.4 Å². The Morgan fingerprint density at radius 2 is 2.18 bits per heavy atom. The third kappa shape index (κ3) is 2.94. The average molecular weight is 231 g/mol. The molecule has 0 fully saturated rings. The quantitative estimate of drug-likeness (QED) is 0.860. The zero-order valence-electron chi connectivity index (χ0n) is 9.97. The summed E-state index contributed by atoms with van der Waals surface area (Å²) in [5, 5.41) is 10.6. The van der Waals surface area contributed by atoms with E-state index in [1.165, 1.54) is 0 Å². The van der Waals surface area contributed by atoms with Gasteiger partial charge in [0.05, 0.1) is 11.6 Å². The van der Waals surface area contributed by atoms with E-state index in [1.54, 1.807) is 6.20 Å². The maximum atomic E-state index is 9.64. The molecule has 2 rings (SSSR count). The van der Waals surface area contributed by atoms with Gasteiger partial charge in [-0.15, -0.1) is 0 Å². The molecule has 17 heavy (non-hydrogen) atoms. The minimum atomic E-state index is -0.396. The van der Waals surface area contributed by atoms with Crippen molar-refractivity contribution in [3.63, 3.8) is 0 Å². The van der Waals surface area contributed by atoms with Crippen LogP contribution in [0.5, 0.6) is 5.75 Å². The first-order chi connectivity index (χ1) is 8.31. The largest absolute Gasteiger partial charge is 0.490 e. The van der Waals surface area contributed by atoms with Gasteiger partial charge in [-0.2, -0.15) is 0 Å². The van der Waals surface area contributed by atoms with Gasteiger partial charge in [-0.25, -0.2) is 0 Å². The lowest BCUT2D eigenvalue weighted by molar-refractivity contribution is 0.100. The fourth-order valence-electron chi connectivity index (χ4n) is 1.80. The molecule has 0 aliphatic carbocycles. The lowest BCUT2D eigenvalue weighted by Gasteiger charge is -2.12. The van der Waals surface area contributed by atoms with E-state index in [-0.39, 0.29) is 0 Å². The van der Waals surface area contributed by atoms with Crippen molar-refractivity contribution in [2.45, 2.75) is 25.9 Å². The molecule has 3 nitrogen and oxygen atoms in total. The van der Waals surface area contributed by atoms with Gasteiger partial charge >= 0.3 is 0 Å². The number of rotatable bonds is 5. The number of hydrogen-bond acceptors (Lipinski definition) is 3. The summed E-state index contributed by atoms with van der Waals surface area (Å²) >= 11 is 0. The zero-order chi connectivity index (χ0) is 12.1. The smallest absolute Gasteiger partial charge is 0.128 e. The highest BCUT2D eigenvalue weighted by Gasteiger charge is 2.06. The predicted octanol–water partition coefficient (Wildman–Crippen LogP) is 2.77. The van der Waals surface area contributed by atoms with Crippen LogP contribution in [-0.4, -0.2) is 22.8 Å². The summed E-state index contributed by atoms with van der Waals surface area (Å²) in [7, 11) is 0. The second kappa shape index (κ2) is 5.64. The van der Waals surface area contributed by atoms with Crippen LogP contribution in [0.4, 0.5) is 0 Å². The van der Waals surface area contributed by atoms with E-state index in [9.17, 15) is 5.11 Å². The van der Waals surface area contributed by atoms with Crippen molar-refractivity contribution in [3.05, 3.63) is 36.5 Å². The number of ether oxygens (including phenoxy) is 1. The van der Waals surface area contributed by atoms with Crippen molar-refractivity contribution in [3.8, 4) is 5.75 Å². The SMILES string of the molecule is CCCC(O)COc1cccc2ncccc12. The Labute approximate surface area is 101 Å². The first kappa shape index (κ1) is 11.9.